The van der Waals surface area contributed by atoms with Crippen LogP contribution in [0.15, 0.2) is 0 Å². The summed E-state index contributed by atoms with van der Waals surface area (Å²) in [6, 6.07) is 1.04. The predicted octanol–water partition coefficient (Wildman–Crippen LogP) is 0.915. The molecule has 2 saturated heterocycles. The van der Waals surface area contributed by atoms with Crippen LogP contribution in [0.2, 0.25) is 0 Å². The van der Waals surface area contributed by atoms with E-state index in [-0.39, 0.29) is 0 Å². The molecule has 0 aromatic carbocycles. The lowest BCUT2D eigenvalue weighted by atomic mass is 9.97. The van der Waals surface area contributed by atoms with E-state index < -0.39 is 0 Å². The summed E-state index contributed by atoms with van der Waals surface area (Å²) in [5, 5.41) is 0. The van der Waals surface area contributed by atoms with Crippen molar-refractivity contribution in [1.29, 1.82) is 0 Å². The minimum Gasteiger partial charge on any atom is -0.300 e. The lowest BCUT2D eigenvalue weighted by Crippen LogP contribution is -2.30. The van der Waals surface area contributed by atoms with Gasteiger partial charge >= 0.3 is 0 Å². The average Bonchev–Trinajstić information content (AvgIpc) is 2.62. The van der Waals surface area contributed by atoms with Crippen LogP contribution in [-0.4, -0.2) is 24.0 Å². The third-order valence-electron chi connectivity index (χ3n) is 3.18. The number of hydrogen-bond acceptors (Lipinski definition) is 1. The second-order valence-corrected chi connectivity index (χ2v) is 3.71. The van der Waals surface area contributed by atoms with E-state index in [1.54, 1.807) is 0 Å². The molecule has 1 saturated carbocycles. The highest BCUT2D eigenvalue weighted by Crippen LogP contribution is 2.51. The first-order valence-corrected chi connectivity index (χ1v) is 4.01. The molecule has 9 heavy (non-hydrogen) atoms. The highest BCUT2D eigenvalue weighted by Gasteiger charge is 2.53. The summed E-state index contributed by atoms with van der Waals surface area (Å²) in [4.78, 5) is 2.65. The Balaban J connectivity index is 1.92. The minimum absolute atomic E-state index is 1.04. The number of fused-ring (bicyclic) bond motifs is 5. The molecule has 0 N–H and O–H groups in total. The van der Waals surface area contributed by atoms with Gasteiger partial charge < -0.3 is 0 Å². The Hall–Kier alpha value is -0.0400. The monoisotopic (exact) mass is 122 g/mol. The lowest BCUT2D eigenvalue weighted by Gasteiger charge is -2.25. The fourth-order valence-corrected chi connectivity index (χ4v) is 2.61. The molecule has 3 aliphatic rings. The molecule has 0 aromatic rings. The van der Waals surface area contributed by atoms with Crippen LogP contribution in [0.5, 0.6) is 0 Å². The quantitative estimate of drug-likeness (QED) is 0.461. The van der Waals surface area contributed by atoms with Gasteiger partial charge in [-0.15, -0.1) is 0 Å². The predicted molar refractivity (Wildman–Crippen MR) is 35.9 cm³/mol. The molecule has 1 aliphatic carbocycles. The Labute approximate surface area is 56.0 Å². The molecule has 49 valence electrons. The van der Waals surface area contributed by atoms with E-state index in [2.05, 4.69) is 11.3 Å². The number of piperidine rings is 2. The molecule has 2 heterocycles. The first-order valence-electron chi connectivity index (χ1n) is 4.01. The molecular weight excluding hydrogens is 110 g/mol. The molecule has 0 spiro atoms. The highest BCUT2D eigenvalue weighted by molar-refractivity contribution is 5.10. The van der Waals surface area contributed by atoms with Gasteiger partial charge in [0.15, 0.2) is 0 Å². The van der Waals surface area contributed by atoms with Gasteiger partial charge in [0, 0.05) is 19.1 Å². The number of rotatable bonds is 0. The Bertz CT molecular complexity index is 130. The summed E-state index contributed by atoms with van der Waals surface area (Å²) >= 11 is 0. The van der Waals surface area contributed by atoms with Crippen molar-refractivity contribution in [2.45, 2.75) is 18.9 Å². The highest BCUT2D eigenvalue weighted by atomic mass is 15.2. The SMILES string of the molecule is [CH]1CC2CN(C1)C1CC21. The van der Waals surface area contributed by atoms with Crippen molar-refractivity contribution in [3.63, 3.8) is 0 Å². The van der Waals surface area contributed by atoms with E-state index in [0.29, 0.717) is 0 Å². The molecule has 1 heteroatoms. The van der Waals surface area contributed by atoms with Gasteiger partial charge in [-0.25, -0.2) is 0 Å². The third kappa shape index (κ3) is 0.493. The van der Waals surface area contributed by atoms with E-state index in [1.165, 1.54) is 25.9 Å². The zero-order valence-corrected chi connectivity index (χ0v) is 5.59. The molecule has 3 fully saturated rings. The lowest BCUT2D eigenvalue weighted by molar-refractivity contribution is 0.260. The van der Waals surface area contributed by atoms with Gasteiger partial charge in [0.1, 0.15) is 0 Å². The van der Waals surface area contributed by atoms with Gasteiger partial charge in [0.2, 0.25) is 0 Å². The van der Waals surface area contributed by atoms with E-state index in [4.69, 9.17) is 0 Å². The van der Waals surface area contributed by atoms with E-state index >= 15 is 0 Å². The van der Waals surface area contributed by atoms with Crippen LogP contribution >= 0.6 is 0 Å². The molecule has 1 radical (unpaired) electrons. The number of nitrogens with zero attached hydrogens (tertiary/aromatic N) is 1. The normalized spacial score (nSPS) is 61.3. The summed E-state index contributed by atoms with van der Waals surface area (Å²) in [6.45, 7) is 2.71. The maximum Gasteiger partial charge on any atom is 0.0131 e. The van der Waals surface area contributed by atoms with E-state index in [1.807, 2.05) is 0 Å². The van der Waals surface area contributed by atoms with Gasteiger partial charge in [0.25, 0.3) is 0 Å². The van der Waals surface area contributed by atoms with E-state index in [9.17, 15) is 0 Å². The summed E-state index contributed by atoms with van der Waals surface area (Å²) in [6.07, 6.45) is 5.40. The van der Waals surface area contributed by atoms with Crippen LogP contribution in [0.1, 0.15) is 12.8 Å². The van der Waals surface area contributed by atoms with Gasteiger partial charge in [-0.1, -0.05) is 0 Å². The summed E-state index contributed by atoms with van der Waals surface area (Å²) in [7, 11) is 0. The average molecular weight is 122 g/mol. The summed E-state index contributed by atoms with van der Waals surface area (Å²) in [5.74, 6) is 2.20. The third-order valence-corrected chi connectivity index (χ3v) is 3.18. The van der Waals surface area contributed by atoms with Crippen molar-refractivity contribution >= 4 is 0 Å². The van der Waals surface area contributed by atoms with Crippen molar-refractivity contribution in [1.82, 2.24) is 4.90 Å². The zero-order valence-electron chi connectivity index (χ0n) is 5.59. The van der Waals surface area contributed by atoms with Gasteiger partial charge in [-0.3, -0.25) is 4.90 Å². The van der Waals surface area contributed by atoms with Crippen molar-refractivity contribution in [2.75, 3.05) is 13.1 Å². The Morgan fingerprint density at radius 1 is 1.44 bits per heavy atom. The molecule has 4 atom stereocenters. The summed E-state index contributed by atoms with van der Waals surface area (Å²) in [5.41, 5.74) is 0. The largest absolute Gasteiger partial charge is 0.300 e. The standard InChI is InChI=1S/C8H12N/c1-2-6-5-9(3-1)8-4-7(6)8/h1,6-8H,2-5H2. The van der Waals surface area contributed by atoms with Crippen LogP contribution in [0.4, 0.5) is 0 Å². The second kappa shape index (κ2) is 1.34. The Morgan fingerprint density at radius 3 is 3.22 bits per heavy atom. The van der Waals surface area contributed by atoms with Crippen molar-refractivity contribution in [3.05, 3.63) is 6.42 Å². The topological polar surface area (TPSA) is 3.24 Å². The van der Waals surface area contributed by atoms with Gasteiger partial charge in [0.05, 0.1) is 0 Å². The van der Waals surface area contributed by atoms with Crippen molar-refractivity contribution in [2.24, 2.45) is 11.8 Å². The summed E-state index contributed by atoms with van der Waals surface area (Å²) < 4.78 is 0. The second-order valence-electron chi connectivity index (χ2n) is 3.71. The maximum absolute atomic E-state index is 2.65. The molecule has 1 nitrogen and oxygen atoms in total. The molecular formula is C8H12N. The van der Waals surface area contributed by atoms with Crippen molar-refractivity contribution < 1.29 is 0 Å². The van der Waals surface area contributed by atoms with Crippen LogP contribution in [0, 0.1) is 18.3 Å². The molecule has 0 amide bonds. The molecule has 2 bridgehead atoms. The zero-order chi connectivity index (χ0) is 5.84. The van der Waals surface area contributed by atoms with Crippen molar-refractivity contribution in [3.8, 4) is 0 Å². The van der Waals surface area contributed by atoms with Crippen LogP contribution in [-0.2, 0) is 0 Å². The smallest absolute Gasteiger partial charge is 0.0131 e. The van der Waals surface area contributed by atoms with Crippen LogP contribution in [0.3, 0.4) is 0 Å². The molecule has 0 aromatic heterocycles. The Morgan fingerprint density at radius 2 is 2.44 bits per heavy atom. The van der Waals surface area contributed by atoms with Crippen LogP contribution < -0.4 is 0 Å². The maximum atomic E-state index is 2.65. The first kappa shape index (κ1) is 4.73. The molecule has 2 aliphatic heterocycles. The van der Waals surface area contributed by atoms with Crippen LogP contribution in [0.25, 0.3) is 0 Å². The fourth-order valence-electron chi connectivity index (χ4n) is 2.61. The molecule has 3 rings (SSSR count). The minimum atomic E-state index is 1.04. The fraction of sp³-hybridized carbons (Fsp3) is 0.875. The van der Waals surface area contributed by atoms with E-state index in [0.717, 1.165) is 17.9 Å². The van der Waals surface area contributed by atoms with Gasteiger partial charge in [-0.2, -0.15) is 0 Å². The van der Waals surface area contributed by atoms with Gasteiger partial charge in [-0.05, 0) is 31.1 Å². The Kier molecular flexibility index (Phi) is 0.704. The number of hydrogen-bond donors (Lipinski definition) is 0. The molecule has 4 unspecified atom stereocenters. The first-order chi connectivity index (χ1) is 4.45.